The van der Waals surface area contributed by atoms with Crippen LogP contribution < -0.4 is 11.1 Å². The minimum absolute atomic E-state index is 0.253. The fourth-order valence-corrected chi connectivity index (χ4v) is 1.77. The molecule has 1 amide bonds. The Morgan fingerprint density at radius 2 is 2.29 bits per heavy atom. The molecule has 0 aliphatic heterocycles. The maximum absolute atomic E-state index is 11.9. The van der Waals surface area contributed by atoms with Crippen molar-refractivity contribution in [1.29, 1.82) is 0 Å². The second-order valence-electron chi connectivity index (χ2n) is 3.59. The van der Waals surface area contributed by atoms with Gasteiger partial charge in [0.25, 0.3) is 5.91 Å². The van der Waals surface area contributed by atoms with E-state index in [1.54, 1.807) is 42.3 Å². The third-order valence-electron chi connectivity index (χ3n) is 2.22. The molecule has 0 saturated carbocycles. The molecule has 0 aliphatic rings. The lowest BCUT2D eigenvalue weighted by molar-refractivity contribution is 0.102. The van der Waals surface area contributed by atoms with Gasteiger partial charge in [-0.1, -0.05) is 15.9 Å². The maximum Gasteiger partial charge on any atom is 0.257 e. The lowest BCUT2D eigenvalue weighted by Crippen LogP contribution is -2.13. The number of carbonyl (C=O) groups is 1. The highest BCUT2D eigenvalue weighted by Crippen LogP contribution is 2.19. The van der Waals surface area contributed by atoms with Crippen LogP contribution in [0.5, 0.6) is 0 Å². The molecule has 17 heavy (non-hydrogen) atoms. The fraction of sp³-hybridized carbons (Fsp3) is 0.0909. The second-order valence-corrected chi connectivity index (χ2v) is 4.50. The summed E-state index contributed by atoms with van der Waals surface area (Å²) in [4.78, 5) is 11.9. The van der Waals surface area contributed by atoms with Crippen LogP contribution in [0.4, 0.5) is 11.4 Å². The van der Waals surface area contributed by atoms with E-state index in [9.17, 15) is 4.79 Å². The molecular weight excluding hydrogens is 284 g/mol. The summed E-state index contributed by atoms with van der Waals surface area (Å²) in [7, 11) is 1.78. The average Bonchev–Trinajstić information content (AvgIpc) is 2.67. The number of aromatic nitrogens is 2. The number of rotatable bonds is 2. The van der Waals surface area contributed by atoms with Gasteiger partial charge in [0.15, 0.2) is 0 Å². The van der Waals surface area contributed by atoms with E-state index in [0.717, 1.165) is 4.47 Å². The van der Waals surface area contributed by atoms with Crippen LogP contribution in [0.3, 0.4) is 0 Å². The van der Waals surface area contributed by atoms with E-state index < -0.39 is 0 Å². The summed E-state index contributed by atoms with van der Waals surface area (Å²) in [5, 5.41) is 6.69. The van der Waals surface area contributed by atoms with E-state index in [-0.39, 0.29) is 5.91 Å². The van der Waals surface area contributed by atoms with Gasteiger partial charge in [0, 0.05) is 23.4 Å². The van der Waals surface area contributed by atoms with Crippen molar-refractivity contribution < 1.29 is 4.79 Å². The summed E-state index contributed by atoms with van der Waals surface area (Å²) in [5.74, 6) is -0.253. The molecule has 0 bridgehead atoms. The third-order valence-corrected chi connectivity index (χ3v) is 2.72. The second kappa shape index (κ2) is 4.58. The Hall–Kier alpha value is -1.82. The summed E-state index contributed by atoms with van der Waals surface area (Å²) in [5.41, 5.74) is 7.26. The molecule has 1 aromatic carbocycles. The van der Waals surface area contributed by atoms with E-state index in [1.165, 1.54) is 0 Å². The van der Waals surface area contributed by atoms with Crippen molar-refractivity contribution in [2.75, 3.05) is 11.1 Å². The van der Waals surface area contributed by atoms with Crippen molar-refractivity contribution in [2.24, 2.45) is 7.05 Å². The molecule has 0 spiro atoms. The molecule has 0 unspecified atom stereocenters. The highest BCUT2D eigenvalue weighted by molar-refractivity contribution is 9.10. The molecule has 1 heterocycles. The van der Waals surface area contributed by atoms with E-state index >= 15 is 0 Å². The van der Waals surface area contributed by atoms with Gasteiger partial charge in [-0.15, -0.1) is 0 Å². The van der Waals surface area contributed by atoms with Crippen LogP contribution in [0.2, 0.25) is 0 Å². The molecule has 3 N–H and O–H groups in total. The fourth-order valence-electron chi connectivity index (χ4n) is 1.41. The number of carbonyl (C=O) groups excluding carboxylic acids is 1. The number of halogens is 1. The standard InChI is InChI=1S/C11H11BrN4O/c1-16-6-8(5-14-16)15-11(17)9-4-7(12)2-3-10(9)13/h2-6H,13H2,1H3,(H,15,17). The molecule has 2 rings (SSSR count). The highest BCUT2D eigenvalue weighted by atomic mass is 79.9. The number of aryl methyl sites for hydroxylation is 1. The number of nitrogens with two attached hydrogens (primary N) is 1. The molecule has 0 atom stereocenters. The maximum atomic E-state index is 11.9. The first-order valence-electron chi connectivity index (χ1n) is 4.91. The number of anilines is 2. The quantitative estimate of drug-likeness (QED) is 0.832. The van der Waals surface area contributed by atoms with Gasteiger partial charge in [-0.05, 0) is 18.2 Å². The van der Waals surface area contributed by atoms with Crippen molar-refractivity contribution in [3.8, 4) is 0 Å². The Morgan fingerprint density at radius 3 is 2.94 bits per heavy atom. The van der Waals surface area contributed by atoms with E-state index in [0.29, 0.717) is 16.9 Å². The Labute approximate surface area is 107 Å². The van der Waals surface area contributed by atoms with E-state index in [2.05, 4.69) is 26.3 Å². The zero-order valence-corrected chi connectivity index (χ0v) is 10.7. The Balaban J connectivity index is 2.22. The van der Waals surface area contributed by atoms with Crippen molar-refractivity contribution in [2.45, 2.75) is 0 Å². The molecule has 6 heteroatoms. The van der Waals surface area contributed by atoms with E-state index in [4.69, 9.17) is 5.73 Å². The summed E-state index contributed by atoms with van der Waals surface area (Å²) >= 11 is 3.30. The van der Waals surface area contributed by atoms with Crippen LogP contribution in [-0.2, 0) is 7.05 Å². The molecule has 0 saturated heterocycles. The van der Waals surface area contributed by atoms with Gasteiger partial charge in [0.2, 0.25) is 0 Å². The lowest BCUT2D eigenvalue weighted by atomic mass is 10.1. The summed E-state index contributed by atoms with van der Waals surface area (Å²) < 4.78 is 2.42. The Kier molecular flexibility index (Phi) is 3.14. The van der Waals surface area contributed by atoms with Crippen LogP contribution in [-0.4, -0.2) is 15.7 Å². The van der Waals surface area contributed by atoms with Crippen molar-refractivity contribution >= 4 is 33.2 Å². The number of hydrogen-bond acceptors (Lipinski definition) is 3. The molecular formula is C11H11BrN4O. The number of benzene rings is 1. The molecule has 0 fully saturated rings. The largest absolute Gasteiger partial charge is 0.398 e. The molecule has 5 nitrogen and oxygen atoms in total. The van der Waals surface area contributed by atoms with Gasteiger partial charge in [0.05, 0.1) is 17.4 Å². The highest BCUT2D eigenvalue weighted by Gasteiger charge is 2.11. The zero-order chi connectivity index (χ0) is 12.4. The SMILES string of the molecule is Cn1cc(NC(=O)c2cc(Br)ccc2N)cn1. The lowest BCUT2D eigenvalue weighted by Gasteiger charge is -2.06. The van der Waals surface area contributed by atoms with Crippen molar-refractivity contribution in [1.82, 2.24) is 9.78 Å². The van der Waals surface area contributed by atoms with Gasteiger partial charge >= 0.3 is 0 Å². The molecule has 1 aromatic heterocycles. The molecule has 88 valence electrons. The van der Waals surface area contributed by atoms with Gasteiger partial charge in [0.1, 0.15) is 0 Å². The van der Waals surface area contributed by atoms with Gasteiger partial charge in [-0.2, -0.15) is 5.10 Å². The number of amides is 1. The summed E-state index contributed by atoms with van der Waals surface area (Å²) in [6, 6.07) is 5.15. The summed E-state index contributed by atoms with van der Waals surface area (Å²) in [6.45, 7) is 0. The number of hydrogen-bond donors (Lipinski definition) is 2. The van der Waals surface area contributed by atoms with Gasteiger partial charge < -0.3 is 11.1 Å². The zero-order valence-electron chi connectivity index (χ0n) is 9.14. The average molecular weight is 295 g/mol. The van der Waals surface area contributed by atoms with Crippen LogP contribution in [0.15, 0.2) is 35.1 Å². The first kappa shape index (κ1) is 11.7. The smallest absolute Gasteiger partial charge is 0.257 e. The van der Waals surface area contributed by atoms with Crippen LogP contribution in [0.25, 0.3) is 0 Å². The molecule has 2 aromatic rings. The molecule has 0 radical (unpaired) electrons. The predicted octanol–water partition coefficient (Wildman–Crippen LogP) is 2.02. The van der Waals surface area contributed by atoms with Gasteiger partial charge in [-0.3, -0.25) is 9.48 Å². The van der Waals surface area contributed by atoms with Crippen LogP contribution in [0.1, 0.15) is 10.4 Å². The number of nitrogen functional groups attached to an aromatic ring is 1. The predicted molar refractivity (Wildman–Crippen MR) is 69.7 cm³/mol. The first-order valence-corrected chi connectivity index (χ1v) is 5.70. The topological polar surface area (TPSA) is 72.9 Å². The van der Waals surface area contributed by atoms with Crippen molar-refractivity contribution in [3.63, 3.8) is 0 Å². The van der Waals surface area contributed by atoms with Crippen molar-refractivity contribution in [3.05, 3.63) is 40.6 Å². The molecule has 0 aliphatic carbocycles. The number of nitrogens with zero attached hydrogens (tertiary/aromatic N) is 2. The van der Waals surface area contributed by atoms with Crippen LogP contribution >= 0.6 is 15.9 Å². The van der Waals surface area contributed by atoms with Crippen LogP contribution in [0, 0.1) is 0 Å². The minimum atomic E-state index is -0.253. The minimum Gasteiger partial charge on any atom is -0.398 e. The number of nitrogens with one attached hydrogen (secondary N) is 1. The van der Waals surface area contributed by atoms with E-state index in [1.807, 2.05) is 0 Å². The summed E-state index contributed by atoms with van der Waals surface area (Å²) in [6.07, 6.45) is 3.29. The normalized spacial score (nSPS) is 10.2. The van der Waals surface area contributed by atoms with Gasteiger partial charge in [-0.25, -0.2) is 0 Å². The first-order chi connectivity index (χ1) is 8.06. The third kappa shape index (κ3) is 2.65. The Morgan fingerprint density at radius 1 is 1.53 bits per heavy atom. The Bertz CT molecular complexity index is 564. The monoisotopic (exact) mass is 294 g/mol.